The van der Waals surface area contributed by atoms with Crippen molar-refractivity contribution >= 4 is 17.1 Å². The van der Waals surface area contributed by atoms with Gasteiger partial charge in [-0.05, 0) is 67.8 Å². The van der Waals surface area contributed by atoms with Crippen LogP contribution in [0.5, 0.6) is 28.7 Å². The Bertz CT molecular complexity index is 1230. The molecular formula is C27H25NO4. The molecule has 0 aliphatic rings. The first kappa shape index (κ1) is 21.1. The van der Waals surface area contributed by atoms with Crippen LogP contribution in [0.15, 0.2) is 78.9 Å². The summed E-state index contributed by atoms with van der Waals surface area (Å²) >= 11 is 0. The Hall–Kier alpha value is -4.12. The van der Waals surface area contributed by atoms with E-state index in [2.05, 4.69) is 0 Å². The number of hydrogen-bond donors (Lipinski definition) is 3. The Morgan fingerprint density at radius 1 is 0.562 bits per heavy atom. The van der Waals surface area contributed by atoms with Crippen LogP contribution in [-0.2, 0) is 0 Å². The lowest BCUT2D eigenvalue weighted by atomic mass is 10.1. The van der Waals surface area contributed by atoms with E-state index in [0.29, 0.717) is 22.7 Å². The van der Waals surface area contributed by atoms with Gasteiger partial charge in [0.1, 0.15) is 11.5 Å². The van der Waals surface area contributed by atoms with E-state index >= 15 is 0 Å². The second-order valence-electron chi connectivity index (χ2n) is 7.77. The fraction of sp³-hybridized carbons (Fsp3) is 0.111. The Balaban J connectivity index is 1.94. The molecule has 3 N–H and O–H groups in total. The molecule has 0 aromatic heterocycles. The molecule has 0 fully saturated rings. The van der Waals surface area contributed by atoms with Gasteiger partial charge in [-0.15, -0.1) is 0 Å². The highest BCUT2D eigenvalue weighted by molar-refractivity contribution is 5.84. The molecule has 4 aromatic carbocycles. The van der Waals surface area contributed by atoms with E-state index in [0.717, 1.165) is 22.5 Å². The molecule has 32 heavy (non-hydrogen) atoms. The molecule has 0 saturated carbocycles. The van der Waals surface area contributed by atoms with Crippen LogP contribution < -0.4 is 9.64 Å². The molecular weight excluding hydrogens is 402 g/mol. The van der Waals surface area contributed by atoms with Gasteiger partial charge >= 0.3 is 0 Å². The molecule has 0 unspecified atom stereocenters. The molecule has 4 rings (SSSR count). The van der Waals surface area contributed by atoms with E-state index < -0.39 is 0 Å². The van der Waals surface area contributed by atoms with Crippen molar-refractivity contribution in [2.75, 3.05) is 4.90 Å². The Morgan fingerprint density at radius 3 is 1.75 bits per heavy atom. The lowest BCUT2D eigenvalue weighted by Crippen LogP contribution is -2.13. The highest BCUT2D eigenvalue weighted by Crippen LogP contribution is 2.46. The fourth-order valence-electron chi connectivity index (χ4n) is 3.63. The topological polar surface area (TPSA) is 73.2 Å². The summed E-state index contributed by atoms with van der Waals surface area (Å²) in [7, 11) is 0. The van der Waals surface area contributed by atoms with Crippen molar-refractivity contribution in [3.8, 4) is 28.7 Å². The Morgan fingerprint density at radius 2 is 1.12 bits per heavy atom. The minimum absolute atomic E-state index is 0.0796. The smallest absolute Gasteiger partial charge is 0.169 e. The molecule has 0 aliphatic heterocycles. The third-order valence-corrected chi connectivity index (χ3v) is 5.39. The van der Waals surface area contributed by atoms with E-state index in [1.54, 1.807) is 30.3 Å². The van der Waals surface area contributed by atoms with Gasteiger partial charge in [-0.3, -0.25) is 0 Å². The van der Waals surface area contributed by atoms with Crippen molar-refractivity contribution in [3.63, 3.8) is 0 Å². The number of para-hydroxylation sites is 3. The monoisotopic (exact) mass is 427 g/mol. The van der Waals surface area contributed by atoms with Crippen LogP contribution in [0.3, 0.4) is 0 Å². The quantitative estimate of drug-likeness (QED) is 0.320. The number of anilines is 3. The average molecular weight is 428 g/mol. The maximum atomic E-state index is 10.5. The number of rotatable bonds is 5. The van der Waals surface area contributed by atoms with Gasteiger partial charge in [-0.1, -0.05) is 36.4 Å². The largest absolute Gasteiger partial charge is 0.508 e. The molecule has 162 valence electrons. The molecule has 5 nitrogen and oxygen atoms in total. The number of nitrogens with zero attached hydrogens (tertiary/aromatic N) is 1. The number of phenols is 3. The van der Waals surface area contributed by atoms with Crippen molar-refractivity contribution in [1.82, 2.24) is 0 Å². The van der Waals surface area contributed by atoms with Crippen molar-refractivity contribution in [2.45, 2.75) is 20.8 Å². The number of phenolic OH excluding ortho intramolecular Hbond substituents is 3. The van der Waals surface area contributed by atoms with Crippen molar-refractivity contribution in [2.24, 2.45) is 0 Å². The Kier molecular flexibility index (Phi) is 5.65. The zero-order chi connectivity index (χ0) is 22.8. The van der Waals surface area contributed by atoms with E-state index in [1.165, 1.54) is 0 Å². The zero-order valence-electron chi connectivity index (χ0n) is 18.2. The maximum Gasteiger partial charge on any atom is 0.169 e. The van der Waals surface area contributed by atoms with Gasteiger partial charge in [0.2, 0.25) is 0 Å². The molecule has 0 atom stereocenters. The maximum absolute atomic E-state index is 10.5. The van der Waals surface area contributed by atoms with Crippen molar-refractivity contribution < 1.29 is 20.1 Å². The summed E-state index contributed by atoms with van der Waals surface area (Å²) in [5, 5.41) is 30.9. The minimum Gasteiger partial charge on any atom is -0.508 e. The van der Waals surface area contributed by atoms with E-state index in [-0.39, 0.29) is 17.2 Å². The molecule has 0 saturated heterocycles. The zero-order valence-corrected chi connectivity index (χ0v) is 18.2. The SMILES string of the molecule is Cc1ccc(O)cc1N(c1cc(O)ccc1C)c1ccccc1Oc1cccc(C)c1O. The number of aryl methyl sites for hydroxylation is 3. The predicted molar refractivity (Wildman–Crippen MR) is 127 cm³/mol. The minimum atomic E-state index is 0.0796. The first-order valence-corrected chi connectivity index (χ1v) is 10.3. The molecule has 0 spiro atoms. The van der Waals surface area contributed by atoms with Crippen LogP contribution in [0.1, 0.15) is 16.7 Å². The van der Waals surface area contributed by atoms with Crippen molar-refractivity contribution in [1.29, 1.82) is 0 Å². The van der Waals surface area contributed by atoms with Crippen LogP contribution in [0.25, 0.3) is 0 Å². The molecule has 0 heterocycles. The fourth-order valence-corrected chi connectivity index (χ4v) is 3.63. The highest BCUT2D eigenvalue weighted by atomic mass is 16.5. The summed E-state index contributed by atoms with van der Waals surface area (Å²) in [5.74, 6) is 1.19. The van der Waals surface area contributed by atoms with E-state index in [1.807, 2.05) is 74.2 Å². The summed E-state index contributed by atoms with van der Waals surface area (Å²) in [5.41, 5.74) is 4.74. The summed E-state index contributed by atoms with van der Waals surface area (Å²) in [6.07, 6.45) is 0. The van der Waals surface area contributed by atoms with Gasteiger partial charge < -0.3 is 25.0 Å². The van der Waals surface area contributed by atoms with Gasteiger partial charge in [0.25, 0.3) is 0 Å². The van der Waals surface area contributed by atoms with Gasteiger partial charge in [-0.25, -0.2) is 0 Å². The number of hydrogen-bond acceptors (Lipinski definition) is 5. The van der Waals surface area contributed by atoms with Gasteiger partial charge in [-0.2, -0.15) is 0 Å². The molecule has 0 radical (unpaired) electrons. The summed E-state index contributed by atoms with van der Waals surface area (Å²) < 4.78 is 6.17. The third-order valence-electron chi connectivity index (χ3n) is 5.39. The predicted octanol–water partition coefficient (Wildman–Crippen LogP) is 6.99. The number of aromatic hydroxyl groups is 3. The van der Waals surface area contributed by atoms with E-state index in [4.69, 9.17) is 4.74 Å². The van der Waals surface area contributed by atoms with Crippen molar-refractivity contribution in [3.05, 3.63) is 95.6 Å². The van der Waals surface area contributed by atoms with Gasteiger partial charge in [0.15, 0.2) is 17.2 Å². The van der Waals surface area contributed by atoms with E-state index in [9.17, 15) is 15.3 Å². The number of ether oxygens (including phenoxy) is 1. The Labute approximate surface area is 187 Å². The molecule has 0 aliphatic carbocycles. The summed E-state index contributed by atoms with van der Waals surface area (Å²) in [4.78, 5) is 1.94. The molecule has 0 amide bonds. The normalized spacial score (nSPS) is 10.7. The molecule has 4 aromatic rings. The average Bonchev–Trinajstić information content (AvgIpc) is 2.77. The van der Waals surface area contributed by atoms with Crippen LogP contribution in [0.2, 0.25) is 0 Å². The lowest BCUT2D eigenvalue weighted by molar-refractivity contribution is 0.409. The lowest BCUT2D eigenvalue weighted by Gasteiger charge is -2.30. The third kappa shape index (κ3) is 4.05. The second kappa shape index (κ2) is 8.55. The van der Waals surface area contributed by atoms with Crippen LogP contribution in [0.4, 0.5) is 17.1 Å². The summed E-state index contributed by atoms with van der Waals surface area (Å²) in [6.45, 7) is 5.72. The first-order valence-electron chi connectivity index (χ1n) is 10.3. The highest BCUT2D eigenvalue weighted by Gasteiger charge is 2.22. The van der Waals surface area contributed by atoms with Gasteiger partial charge in [0, 0.05) is 12.1 Å². The van der Waals surface area contributed by atoms with Crippen LogP contribution in [0, 0.1) is 20.8 Å². The molecule has 5 heteroatoms. The van der Waals surface area contributed by atoms with Crippen LogP contribution in [-0.4, -0.2) is 15.3 Å². The van der Waals surface area contributed by atoms with Crippen LogP contribution >= 0.6 is 0 Å². The second-order valence-corrected chi connectivity index (χ2v) is 7.77. The van der Waals surface area contributed by atoms with Gasteiger partial charge in [0.05, 0.1) is 17.1 Å². The number of benzene rings is 4. The standard InChI is InChI=1S/C27H25NO4/c1-17-11-13-20(29)15-23(17)28(24-16-21(30)14-12-18(24)2)22-8-4-5-9-25(22)32-26-10-6-7-19(3)27(26)31/h4-16,29-31H,1-3H3. The summed E-state index contributed by atoms with van der Waals surface area (Å²) in [6, 6.07) is 23.1. The first-order chi connectivity index (χ1) is 15.3. The molecule has 0 bridgehead atoms.